The normalized spacial score (nSPS) is 18.4. The third-order valence-corrected chi connectivity index (χ3v) is 4.42. The Labute approximate surface area is 150 Å². The van der Waals surface area contributed by atoms with Crippen LogP contribution in [-0.4, -0.2) is 41.4 Å². The minimum Gasteiger partial charge on any atom is -0.496 e. The quantitative estimate of drug-likeness (QED) is 0.900. The van der Waals surface area contributed by atoms with Crippen LogP contribution in [0.15, 0.2) is 36.7 Å². The Balaban J connectivity index is 0.00000208. The number of nitrogens with one attached hydrogen (secondary N) is 1. The molecule has 24 heavy (non-hydrogen) atoms. The first-order valence-corrected chi connectivity index (χ1v) is 8.29. The molecular formula is C18H27ClN4O. The Kier molecular flexibility index (Phi) is 6.66. The summed E-state index contributed by atoms with van der Waals surface area (Å²) < 4.78 is 7.59. The molecule has 2 heterocycles. The van der Waals surface area contributed by atoms with Crippen molar-refractivity contribution in [3.63, 3.8) is 0 Å². The molecule has 1 atom stereocenters. The van der Waals surface area contributed by atoms with Crippen LogP contribution in [-0.2, 0) is 6.54 Å². The van der Waals surface area contributed by atoms with Gasteiger partial charge in [0.05, 0.1) is 19.3 Å². The van der Waals surface area contributed by atoms with E-state index in [9.17, 15) is 0 Å². The highest BCUT2D eigenvalue weighted by Crippen LogP contribution is 2.31. The summed E-state index contributed by atoms with van der Waals surface area (Å²) in [5.74, 6) is 0.962. The number of aromatic nitrogens is 2. The Hall–Kier alpha value is -1.56. The summed E-state index contributed by atoms with van der Waals surface area (Å²) in [6.45, 7) is 8.20. The van der Waals surface area contributed by atoms with E-state index in [4.69, 9.17) is 4.74 Å². The number of ether oxygens (including phenoxy) is 1. The number of methoxy groups -OCH3 is 1. The lowest BCUT2D eigenvalue weighted by Gasteiger charge is -2.36. The minimum atomic E-state index is 0. The van der Waals surface area contributed by atoms with Gasteiger partial charge in [-0.2, -0.15) is 5.10 Å². The third kappa shape index (κ3) is 4.09. The van der Waals surface area contributed by atoms with Gasteiger partial charge in [0.25, 0.3) is 0 Å². The molecule has 0 bridgehead atoms. The van der Waals surface area contributed by atoms with E-state index >= 15 is 0 Å². The lowest BCUT2D eigenvalue weighted by molar-refractivity contribution is 0.151. The lowest BCUT2D eigenvalue weighted by atomic mass is 10.0. The Morgan fingerprint density at radius 2 is 2.12 bits per heavy atom. The maximum absolute atomic E-state index is 5.56. The van der Waals surface area contributed by atoms with Gasteiger partial charge in [0.15, 0.2) is 0 Å². The van der Waals surface area contributed by atoms with Crippen molar-refractivity contribution in [3.8, 4) is 5.75 Å². The molecule has 1 fully saturated rings. The van der Waals surface area contributed by atoms with E-state index in [1.54, 1.807) is 7.11 Å². The van der Waals surface area contributed by atoms with Gasteiger partial charge in [0.1, 0.15) is 5.75 Å². The van der Waals surface area contributed by atoms with Gasteiger partial charge in [0, 0.05) is 49.5 Å². The van der Waals surface area contributed by atoms with Crippen LogP contribution in [0, 0.1) is 0 Å². The molecule has 0 aliphatic carbocycles. The highest BCUT2D eigenvalue weighted by Gasteiger charge is 2.26. The molecule has 1 aromatic carbocycles. The average Bonchev–Trinajstić information content (AvgIpc) is 3.04. The van der Waals surface area contributed by atoms with Gasteiger partial charge < -0.3 is 10.1 Å². The molecule has 5 nitrogen and oxygen atoms in total. The van der Waals surface area contributed by atoms with Crippen molar-refractivity contribution in [1.29, 1.82) is 0 Å². The number of benzene rings is 1. The first kappa shape index (κ1) is 18.8. The molecule has 0 radical (unpaired) electrons. The summed E-state index contributed by atoms with van der Waals surface area (Å²) in [4.78, 5) is 2.51. The van der Waals surface area contributed by atoms with E-state index in [2.05, 4.69) is 47.5 Å². The molecule has 1 saturated heterocycles. The Morgan fingerprint density at radius 3 is 2.83 bits per heavy atom. The summed E-state index contributed by atoms with van der Waals surface area (Å²) in [6, 6.07) is 9.04. The fourth-order valence-corrected chi connectivity index (χ4v) is 3.16. The Morgan fingerprint density at radius 1 is 1.33 bits per heavy atom. The van der Waals surface area contributed by atoms with Gasteiger partial charge in [-0.15, -0.1) is 12.4 Å². The first-order chi connectivity index (χ1) is 11.2. The van der Waals surface area contributed by atoms with E-state index in [1.165, 1.54) is 11.1 Å². The standard InChI is InChI=1S/C18H26N4O.ClH/c1-14(2)22-13-15(10-20-22)12-21-9-8-19-11-17(21)16-6-4-5-7-18(16)23-3;/h4-7,10,13-14,17,19H,8-9,11-12H2,1-3H3;1H. The smallest absolute Gasteiger partial charge is 0.123 e. The number of hydrogen-bond donors (Lipinski definition) is 1. The molecule has 1 N–H and O–H groups in total. The maximum atomic E-state index is 5.56. The molecular weight excluding hydrogens is 324 g/mol. The van der Waals surface area contributed by atoms with Crippen LogP contribution in [0.25, 0.3) is 0 Å². The van der Waals surface area contributed by atoms with Crippen LogP contribution in [0.2, 0.25) is 0 Å². The number of halogens is 1. The first-order valence-electron chi connectivity index (χ1n) is 8.29. The number of rotatable bonds is 5. The molecule has 1 aliphatic heterocycles. The monoisotopic (exact) mass is 350 g/mol. The van der Waals surface area contributed by atoms with Crippen LogP contribution in [0.4, 0.5) is 0 Å². The van der Waals surface area contributed by atoms with E-state index in [1.807, 2.05) is 23.0 Å². The van der Waals surface area contributed by atoms with Gasteiger partial charge in [-0.3, -0.25) is 9.58 Å². The molecule has 6 heteroatoms. The highest BCUT2D eigenvalue weighted by atomic mass is 35.5. The predicted octanol–water partition coefficient (Wildman–Crippen LogP) is 3.04. The zero-order valence-corrected chi connectivity index (χ0v) is 15.4. The lowest BCUT2D eigenvalue weighted by Crippen LogP contribution is -2.45. The summed E-state index contributed by atoms with van der Waals surface area (Å²) in [6.07, 6.45) is 4.15. The number of nitrogens with zero attached hydrogens (tertiary/aromatic N) is 3. The van der Waals surface area contributed by atoms with Gasteiger partial charge in [-0.25, -0.2) is 0 Å². The van der Waals surface area contributed by atoms with Gasteiger partial charge in [-0.1, -0.05) is 18.2 Å². The molecule has 2 aromatic rings. The second kappa shape index (κ2) is 8.51. The van der Waals surface area contributed by atoms with Crippen LogP contribution < -0.4 is 10.1 Å². The topological polar surface area (TPSA) is 42.3 Å². The van der Waals surface area contributed by atoms with Crippen LogP contribution >= 0.6 is 12.4 Å². The summed E-state index contributed by atoms with van der Waals surface area (Å²) in [5, 5.41) is 7.97. The molecule has 1 aliphatic rings. The molecule has 1 unspecified atom stereocenters. The fourth-order valence-electron chi connectivity index (χ4n) is 3.16. The van der Waals surface area contributed by atoms with Crippen molar-refractivity contribution < 1.29 is 4.74 Å². The van der Waals surface area contributed by atoms with Crippen LogP contribution in [0.5, 0.6) is 5.75 Å². The van der Waals surface area contributed by atoms with Crippen molar-refractivity contribution in [3.05, 3.63) is 47.8 Å². The zero-order chi connectivity index (χ0) is 16.2. The predicted molar refractivity (Wildman–Crippen MR) is 98.9 cm³/mol. The molecule has 132 valence electrons. The Bertz CT molecular complexity index is 643. The van der Waals surface area contributed by atoms with E-state index in [0.29, 0.717) is 12.1 Å². The van der Waals surface area contributed by atoms with E-state index in [-0.39, 0.29) is 12.4 Å². The molecule has 1 aromatic heterocycles. The SMILES string of the molecule is COc1ccccc1C1CNCCN1Cc1cnn(C(C)C)c1.Cl. The van der Waals surface area contributed by atoms with Crippen molar-refractivity contribution in [2.45, 2.75) is 32.5 Å². The number of hydrogen-bond acceptors (Lipinski definition) is 4. The fraction of sp³-hybridized carbons (Fsp3) is 0.500. The molecule has 0 saturated carbocycles. The number of para-hydroxylation sites is 1. The molecule has 0 amide bonds. The molecule has 3 rings (SSSR count). The second-order valence-corrected chi connectivity index (χ2v) is 6.35. The largest absolute Gasteiger partial charge is 0.496 e. The van der Waals surface area contributed by atoms with Crippen LogP contribution in [0.1, 0.15) is 37.1 Å². The van der Waals surface area contributed by atoms with E-state index in [0.717, 1.165) is 31.9 Å². The van der Waals surface area contributed by atoms with Gasteiger partial charge in [0.2, 0.25) is 0 Å². The zero-order valence-electron chi connectivity index (χ0n) is 14.6. The van der Waals surface area contributed by atoms with E-state index < -0.39 is 0 Å². The van der Waals surface area contributed by atoms with Crippen LogP contribution in [0.3, 0.4) is 0 Å². The summed E-state index contributed by atoms with van der Waals surface area (Å²) in [7, 11) is 1.74. The highest BCUT2D eigenvalue weighted by molar-refractivity contribution is 5.85. The average molecular weight is 351 g/mol. The van der Waals surface area contributed by atoms with Gasteiger partial charge >= 0.3 is 0 Å². The number of piperazine rings is 1. The van der Waals surface area contributed by atoms with Crippen molar-refractivity contribution in [1.82, 2.24) is 20.0 Å². The third-order valence-electron chi connectivity index (χ3n) is 4.42. The summed E-state index contributed by atoms with van der Waals surface area (Å²) >= 11 is 0. The molecule has 0 spiro atoms. The van der Waals surface area contributed by atoms with Crippen molar-refractivity contribution in [2.24, 2.45) is 0 Å². The minimum absolute atomic E-state index is 0. The van der Waals surface area contributed by atoms with Gasteiger partial charge in [-0.05, 0) is 19.9 Å². The van der Waals surface area contributed by atoms with Crippen molar-refractivity contribution in [2.75, 3.05) is 26.7 Å². The second-order valence-electron chi connectivity index (χ2n) is 6.35. The maximum Gasteiger partial charge on any atom is 0.123 e. The van der Waals surface area contributed by atoms with Crippen molar-refractivity contribution >= 4 is 12.4 Å². The summed E-state index contributed by atoms with van der Waals surface area (Å²) in [5.41, 5.74) is 2.51.